The number of nitrogens with zero attached hydrogens (tertiary/aromatic N) is 2. The van der Waals surface area contributed by atoms with Gasteiger partial charge in [0.1, 0.15) is 0 Å². The predicted octanol–water partition coefficient (Wildman–Crippen LogP) is 10.3. The van der Waals surface area contributed by atoms with Gasteiger partial charge in [0.05, 0.1) is 22.2 Å². The molecule has 13 heteroatoms. The molecule has 2 saturated heterocycles. The van der Waals surface area contributed by atoms with Crippen LogP contribution in [0.25, 0.3) is 0 Å². The summed E-state index contributed by atoms with van der Waals surface area (Å²) in [4.78, 5) is 31.0. The second kappa shape index (κ2) is 17.7. The predicted molar refractivity (Wildman–Crippen MR) is 219 cm³/mol. The van der Waals surface area contributed by atoms with Crippen molar-refractivity contribution >= 4 is 24.2 Å². The molecular weight excluding hydrogens is 790 g/mol. The van der Waals surface area contributed by atoms with Crippen molar-refractivity contribution in [2.75, 3.05) is 40.3 Å². The largest absolute Gasteiger partial charge is 0.416 e. The lowest BCUT2D eigenvalue weighted by atomic mass is 9.82. The molecule has 4 aliphatic rings. The number of amides is 2. The maximum absolute atomic E-state index is 13.3. The molecule has 2 aliphatic carbocycles. The molecule has 2 amide bonds. The number of piperidine rings is 2. The van der Waals surface area contributed by atoms with Gasteiger partial charge in [0, 0.05) is 24.2 Å². The molecule has 2 N–H and O–H groups in total. The summed E-state index contributed by atoms with van der Waals surface area (Å²) in [6, 6.07) is 26.8. The number of likely N-dealkylation sites (N-methyl/N-ethyl adjacent to an activating group) is 2. The first-order chi connectivity index (χ1) is 27.6. The van der Waals surface area contributed by atoms with Crippen molar-refractivity contribution in [1.29, 1.82) is 0 Å². The number of nitrogens with one attached hydrogen (secondary N) is 2. The fourth-order valence-electron chi connectivity index (χ4n) is 8.80. The van der Waals surface area contributed by atoms with Gasteiger partial charge < -0.3 is 20.4 Å². The molecule has 59 heavy (non-hydrogen) atoms. The molecule has 0 radical (unpaired) electrons. The Morgan fingerprint density at radius 1 is 0.576 bits per heavy atom. The highest BCUT2D eigenvalue weighted by molar-refractivity contribution is 5.97. The molecule has 4 fully saturated rings. The van der Waals surface area contributed by atoms with Crippen LogP contribution >= 0.6 is 12.4 Å². The molecule has 4 aromatic carbocycles. The zero-order chi connectivity index (χ0) is 41.3. The first-order valence-corrected chi connectivity index (χ1v) is 20.1. The minimum Gasteiger partial charge on any atom is -0.341 e. The van der Waals surface area contributed by atoms with Crippen molar-refractivity contribution < 1.29 is 35.9 Å². The second-order valence-corrected chi connectivity index (χ2v) is 16.6. The molecule has 6 nitrogen and oxygen atoms in total. The Balaban J connectivity index is 0.000000195. The van der Waals surface area contributed by atoms with E-state index in [1.54, 1.807) is 0 Å². The maximum atomic E-state index is 13.3. The van der Waals surface area contributed by atoms with Crippen molar-refractivity contribution in [3.63, 3.8) is 0 Å². The van der Waals surface area contributed by atoms with E-state index in [-0.39, 0.29) is 36.1 Å². The van der Waals surface area contributed by atoms with E-state index < -0.39 is 34.6 Å². The van der Waals surface area contributed by atoms with Gasteiger partial charge in [-0.05, 0) is 149 Å². The Labute approximate surface area is 348 Å². The van der Waals surface area contributed by atoms with Crippen LogP contribution in [0.2, 0.25) is 0 Å². The molecule has 2 atom stereocenters. The van der Waals surface area contributed by atoms with Crippen LogP contribution in [0.4, 0.5) is 26.3 Å². The average Bonchev–Trinajstić information content (AvgIpc) is 4.13. The van der Waals surface area contributed by atoms with Crippen LogP contribution in [0.1, 0.15) is 117 Å². The van der Waals surface area contributed by atoms with Gasteiger partial charge in [0.25, 0.3) is 11.8 Å². The maximum Gasteiger partial charge on any atom is 0.416 e. The van der Waals surface area contributed by atoms with E-state index in [0.29, 0.717) is 35.3 Å². The van der Waals surface area contributed by atoms with Crippen molar-refractivity contribution in [2.24, 2.45) is 0 Å². The molecule has 4 aromatic rings. The van der Waals surface area contributed by atoms with E-state index in [1.807, 2.05) is 74.8 Å². The Morgan fingerprint density at radius 2 is 0.932 bits per heavy atom. The SMILES string of the molecule is CN1CCCC(NC(=O)c2ccc(C(F)(F)F)cc2C2CC2)(c2ccccc2)C1.CN1CCC[C@@](NC(=O)c2ccc(C(F)(F)F)cc2C2CC2)(c2ccccc2)C1.Cl. The number of alkyl halides is 6. The number of halogens is 7. The lowest BCUT2D eigenvalue weighted by Gasteiger charge is -2.42. The number of hydrogen-bond acceptors (Lipinski definition) is 4. The smallest absolute Gasteiger partial charge is 0.341 e. The normalized spacial score (nSPS) is 22.6. The number of hydrogen-bond donors (Lipinski definition) is 2. The summed E-state index contributed by atoms with van der Waals surface area (Å²) in [7, 11) is 4.05. The van der Waals surface area contributed by atoms with Crippen LogP contribution in [-0.2, 0) is 23.4 Å². The summed E-state index contributed by atoms with van der Waals surface area (Å²) < 4.78 is 79.1. The highest BCUT2D eigenvalue weighted by Crippen LogP contribution is 2.45. The fourth-order valence-corrected chi connectivity index (χ4v) is 8.80. The summed E-state index contributed by atoms with van der Waals surface area (Å²) in [5.74, 6) is -0.501. The van der Waals surface area contributed by atoms with Crippen LogP contribution in [0.3, 0.4) is 0 Å². The monoisotopic (exact) mass is 840 g/mol. The van der Waals surface area contributed by atoms with Crippen molar-refractivity contribution in [1.82, 2.24) is 20.4 Å². The summed E-state index contributed by atoms with van der Waals surface area (Å²) in [5, 5.41) is 6.43. The van der Waals surface area contributed by atoms with Gasteiger partial charge in [0.2, 0.25) is 0 Å². The molecule has 1 unspecified atom stereocenters. The lowest BCUT2D eigenvalue weighted by Crippen LogP contribution is -2.55. The first kappa shape index (κ1) is 44.2. The third-order valence-corrected chi connectivity index (χ3v) is 12.0. The summed E-state index contributed by atoms with van der Waals surface area (Å²) in [6.07, 6.45) is -2.03. The van der Waals surface area contributed by atoms with Crippen LogP contribution in [0.15, 0.2) is 97.1 Å². The molecule has 2 saturated carbocycles. The quantitative estimate of drug-likeness (QED) is 0.174. The molecule has 2 heterocycles. The van der Waals surface area contributed by atoms with Gasteiger partial charge in [-0.15, -0.1) is 12.4 Å². The van der Waals surface area contributed by atoms with E-state index in [2.05, 4.69) is 20.4 Å². The minimum atomic E-state index is -4.41. The molecule has 316 valence electrons. The third-order valence-electron chi connectivity index (χ3n) is 12.0. The summed E-state index contributed by atoms with van der Waals surface area (Å²) >= 11 is 0. The Hall–Kier alpha value is -4.39. The van der Waals surface area contributed by atoms with Gasteiger partial charge in [-0.3, -0.25) is 9.59 Å². The fraction of sp³-hybridized carbons (Fsp3) is 0.435. The van der Waals surface area contributed by atoms with Crippen molar-refractivity contribution in [2.45, 2.75) is 86.6 Å². The van der Waals surface area contributed by atoms with Gasteiger partial charge in [0.15, 0.2) is 0 Å². The van der Waals surface area contributed by atoms with E-state index in [4.69, 9.17) is 0 Å². The Kier molecular flexibility index (Phi) is 13.2. The zero-order valence-electron chi connectivity index (χ0n) is 33.3. The standard InChI is InChI=1S/2C23H25F3N2O.ClH/c2*1-28-13-5-12-22(15-28,17-6-3-2-4-7-17)27-21(29)19-11-10-18(23(24,25)26)14-20(19)16-8-9-16;/h2*2-4,6-7,10-11,14,16H,5,8-9,12-13,15H2,1H3,(H,27,29);1H/t22-;;/m0../s1. The first-order valence-electron chi connectivity index (χ1n) is 20.1. The number of benzene rings is 4. The van der Waals surface area contributed by atoms with Crippen LogP contribution in [0, 0.1) is 0 Å². The summed E-state index contributed by atoms with van der Waals surface area (Å²) in [5.41, 5.74) is 1.35. The van der Waals surface area contributed by atoms with Gasteiger partial charge in [-0.1, -0.05) is 60.7 Å². The third kappa shape index (κ3) is 10.3. The molecule has 2 aliphatic heterocycles. The van der Waals surface area contributed by atoms with Crippen LogP contribution in [-0.4, -0.2) is 61.9 Å². The highest BCUT2D eigenvalue weighted by Gasteiger charge is 2.42. The molecule has 8 rings (SSSR count). The minimum absolute atomic E-state index is 0. The number of carbonyl (C=O) groups is 2. The molecule has 0 bridgehead atoms. The number of carbonyl (C=O) groups excluding carboxylic acids is 2. The molecular formula is C46H51ClF6N4O2. The van der Waals surface area contributed by atoms with Crippen molar-refractivity contribution in [3.05, 3.63) is 142 Å². The van der Waals surface area contributed by atoms with Crippen LogP contribution in [0.5, 0.6) is 0 Å². The van der Waals surface area contributed by atoms with Gasteiger partial charge >= 0.3 is 12.4 Å². The van der Waals surface area contributed by atoms with E-state index in [0.717, 1.165) is 99.8 Å². The molecule has 0 aromatic heterocycles. The number of rotatable bonds is 8. The Bertz CT molecular complexity index is 1940. The van der Waals surface area contributed by atoms with Crippen LogP contribution < -0.4 is 10.6 Å². The topological polar surface area (TPSA) is 64.7 Å². The lowest BCUT2D eigenvalue weighted by molar-refractivity contribution is -0.138. The van der Waals surface area contributed by atoms with E-state index >= 15 is 0 Å². The second-order valence-electron chi connectivity index (χ2n) is 16.6. The van der Waals surface area contributed by atoms with E-state index in [9.17, 15) is 35.9 Å². The van der Waals surface area contributed by atoms with Gasteiger partial charge in [-0.2, -0.15) is 26.3 Å². The number of likely N-dealkylation sites (tertiary alicyclic amines) is 2. The zero-order valence-corrected chi connectivity index (χ0v) is 34.1. The molecule has 0 spiro atoms. The Morgan fingerprint density at radius 3 is 1.24 bits per heavy atom. The highest BCUT2D eigenvalue weighted by atomic mass is 35.5. The summed E-state index contributed by atoms with van der Waals surface area (Å²) in [6.45, 7) is 3.25. The van der Waals surface area contributed by atoms with E-state index in [1.165, 1.54) is 12.1 Å². The van der Waals surface area contributed by atoms with Gasteiger partial charge in [-0.25, -0.2) is 0 Å². The van der Waals surface area contributed by atoms with Crippen molar-refractivity contribution in [3.8, 4) is 0 Å². The average molecular weight is 841 g/mol.